The van der Waals surface area contributed by atoms with Crippen LogP contribution in [0.15, 0.2) is 48.5 Å². The highest BCUT2D eigenvalue weighted by Gasteiger charge is 2.25. The number of anilines is 1. The minimum Gasteiger partial charge on any atom is -0.492 e. The maximum atomic E-state index is 12.9. The molecule has 0 aliphatic carbocycles. The summed E-state index contributed by atoms with van der Waals surface area (Å²) in [4.78, 5) is 28.4. The van der Waals surface area contributed by atoms with Gasteiger partial charge in [-0.05, 0) is 36.6 Å². The highest BCUT2D eigenvalue weighted by molar-refractivity contribution is 5.98. The summed E-state index contributed by atoms with van der Waals surface area (Å²) in [5, 5.41) is 0. The maximum Gasteiger partial charge on any atom is 0.242 e. The van der Waals surface area contributed by atoms with E-state index in [1.54, 1.807) is 0 Å². The van der Waals surface area contributed by atoms with E-state index in [2.05, 4.69) is 12.1 Å². The molecule has 136 valence electrons. The molecule has 5 heteroatoms. The molecule has 2 amide bonds. The molecular formula is C21H24N2O3. The summed E-state index contributed by atoms with van der Waals surface area (Å²) < 4.78 is 5.62. The van der Waals surface area contributed by atoms with Crippen LogP contribution in [-0.2, 0) is 22.6 Å². The minimum atomic E-state index is -0.178. The minimum absolute atomic E-state index is 0.0155. The second-order valence-corrected chi connectivity index (χ2v) is 6.34. The van der Waals surface area contributed by atoms with E-state index in [0.29, 0.717) is 31.1 Å². The van der Waals surface area contributed by atoms with Crippen LogP contribution in [-0.4, -0.2) is 36.4 Å². The lowest BCUT2D eigenvalue weighted by molar-refractivity contribution is -0.132. The Morgan fingerprint density at radius 2 is 1.77 bits per heavy atom. The molecule has 2 aromatic carbocycles. The molecule has 0 atom stereocenters. The van der Waals surface area contributed by atoms with Crippen molar-refractivity contribution in [2.75, 3.05) is 24.6 Å². The van der Waals surface area contributed by atoms with Crippen LogP contribution >= 0.6 is 0 Å². The van der Waals surface area contributed by atoms with Gasteiger partial charge in [0.1, 0.15) is 12.3 Å². The predicted octanol–water partition coefficient (Wildman–Crippen LogP) is 3.02. The van der Waals surface area contributed by atoms with Crippen molar-refractivity contribution in [2.45, 2.75) is 26.8 Å². The molecule has 1 aliphatic rings. The van der Waals surface area contributed by atoms with E-state index >= 15 is 0 Å². The number of amides is 2. The van der Waals surface area contributed by atoms with Gasteiger partial charge >= 0.3 is 0 Å². The molecule has 0 fully saturated rings. The lowest BCUT2D eigenvalue weighted by atomic mass is 10.00. The zero-order valence-electron chi connectivity index (χ0n) is 15.3. The summed E-state index contributed by atoms with van der Waals surface area (Å²) in [6, 6.07) is 15.5. The highest BCUT2D eigenvalue weighted by Crippen LogP contribution is 2.28. The summed E-state index contributed by atoms with van der Waals surface area (Å²) in [6.45, 7) is 5.15. The quantitative estimate of drug-likeness (QED) is 0.831. The molecule has 5 nitrogen and oxygen atoms in total. The zero-order chi connectivity index (χ0) is 18.5. The van der Waals surface area contributed by atoms with Gasteiger partial charge in [0.2, 0.25) is 11.8 Å². The Bertz CT molecular complexity index is 803. The molecule has 0 N–H and O–H groups in total. The summed E-state index contributed by atoms with van der Waals surface area (Å²) in [5.74, 6) is 0.380. The van der Waals surface area contributed by atoms with Crippen molar-refractivity contribution in [3.63, 3.8) is 0 Å². The van der Waals surface area contributed by atoms with Crippen molar-refractivity contribution in [1.82, 2.24) is 4.90 Å². The molecule has 26 heavy (non-hydrogen) atoms. The third-order valence-corrected chi connectivity index (χ3v) is 4.61. The Labute approximate surface area is 154 Å². The predicted molar refractivity (Wildman–Crippen MR) is 101 cm³/mol. The Kier molecular flexibility index (Phi) is 5.56. The first-order chi connectivity index (χ1) is 12.6. The molecule has 0 aromatic heterocycles. The summed E-state index contributed by atoms with van der Waals surface area (Å²) in [5.41, 5.74) is 3.10. The van der Waals surface area contributed by atoms with E-state index in [0.717, 1.165) is 6.42 Å². The Morgan fingerprint density at radius 1 is 1.08 bits per heavy atom. The van der Waals surface area contributed by atoms with Gasteiger partial charge in [0.25, 0.3) is 0 Å². The fourth-order valence-corrected chi connectivity index (χ4v) is 3.27. The third-order valence-electron chi connectivity index (χ3n) is 4.61. The molecular weight excluding hydrogens is 328 g/mol. The average Bonchev–Trinajstić information content (AvgIpc) is 2.66. The zero-order valence-corrected chi connectivity index (χ0v) is 15.3. The van der Waals surface area contributed by atoms with Crippen molar-refractivity contribution < 1.29 is 14.3 Å². The molecule has 0 unspecified atom stereocenters. The third kappa shape index (κ3) is 3.87. The molecule has 2 aromatic rings. The van der Waals surface area contributed by atoms with Crippen LogP contribution in [0.1, 0.15) is 25.0 Å². The standard InChI is InChI=1S/C21H24N2O3/c1-3-26-20-11-7-6-10-19(20)23(16(2)24)15-21(25)22-13-12-17-8-4-5-9-18(17)14-22/h4-11H,3,12-15H2,1-2H3. The van der Waals surface area contributed by atoms with Crippen LogP contribution in [0.4, 0.5) is 5.69 Å². The lowest BCUT2D eigenvalue weighted by Crippen LogP contribution is -2.44. The molecule has 0 spiro atoms. The smallest absolute Gasteiger partial charge is 0.242 e. The first-order valence-corrected chi connectivity index (χ1v) is 8.94. The van der Waals surface area contributed by atoms with Crippen molar-refractivity contribution >= 4 is 17.5 Å². The van der Waals surface area contributed by atoms with E-state index in [1.165, 1.54) is 23.0 Å². The van der Waals surface area contributed by atoms with Gasteiger partial charge in [-0.1, -0.05) is 36.4 Å². The van der Waals surface area contributed by atoms with Gasteiger partial charge in [-0.25, -0.2) is 0 Å². The van der Waals surface area contributed by atoms with Gasteiger partial charge < -0.3 is 9.64 Å². The van der Waals surface area contributed by atoms with Gasteiger partial charge in [0.05, 0.1) is 12.3 Å². The van der Waals surface area contributed by atoms with Gasteiger partial charge in [-0.3, -0.25) is 14.5 Å². The molecule has 0 radical (unpaired) electrons. The van der Waals surface area contributed by atoms with Crippen molar-refractivity contribution in [3.05, 3.63) is 59.7 Å². The monoisotopic (exact) mass is 352 g/mol. The molecule has 0 saturated heterocycles. The molecule has 1 heterocycles. The Balaban J connectivity index is 1.77. The van der Waals surface area contributed by atoms with Crippen LogP contribution in [0, 0.1) is 0 Å². The number of fused-ring (bicyclic) bond motifs is 1. The molecule has 1 aliphatic heterocycles. The normalized spacial score (nSPS) is 13.1. The van der Waals surface area contributed by atoms with Crippen molar-refractivity contribution in [2.24, 2.45) is 0 Å². The van der Waals surface area contributed by atoms with Crippen molar-refractivity contribution in [3.8, 4) is 5.75 Å². The Morgan fingerprint density at radius 3 is 2.50 bits per heavy atom. The second-order valence-electron chi connectivity index (χ2n) is 6.34. The lowest BCUT2D eigenvalue weighted by Gasteiger charge is -2.31. The topological polar surface area (TPSA) is 49.9 Å². The van der Waals surface area contributed by atoms with Crippen LogP contribution in [0.2, 0.25) is 0 Å². The number of benzene rings is 2. The van der Waals surface area contributed by atoms with E-state index in [1.807, 2.05) is 48.2 Å². The van der Waals surface area contributed by atoms with E-state index in [-0.39, 0.29) is 18.4 Å². The van der Waals surface area contributed by atoms with E-state index < -0.39 is 0 Å². The van der Waals surface area contributed by atoms with Crippen LogP contribution in [0.5, 0.6) is 5.75 Å². The summed E-state index contributed by atoms with van der Waals surface area (Å²) in [6.07, 6.45) is 0.845. The van der Waals surface area contributed by atoms with E-state index in [9.17, 15) is 9.59 Å². The van der Waals surface area contributed by atoms with Crippen molar-refractivity contribution in [1.29, 1.82) is 0 Å². The summed E-state index contributed by atoms with van der Waals surface area (Å²) >= 11 is 0. The molecule has 0 bridgehead atoms. The van der Waals surface area contributed by atoms with Crippen LogP contribution < -0.4 is 9.64 Å². The number of hydrogen-bond donors (Lipinski definition) is 0. The SMILES string of the molecule is CCOc1ccccc1N(CC(=O)N1CCc2ccccc2C1)C(C)=O. The number of carbonyl (C=O) groups is 2. The van der Waals surface area contributed by atoms with Crippen LogP contribution in [0.25, 0.3) is 0 Å². The number of carbonyl (C=O) groups excluding carboxylic acids is 2. The number of para-hydroxylation sites is 2. The number of rotatable bonds is 5. The first-order valence-electron chi connectivity index (χ1n) is 8.94. The van der Waals surface area contributed by atoms with Gasteiger partial charge in [-0.15, -0.1) is 0 Å². The number of nitrogens with zero attached hydrogens (tertiary/aromatic N) is 2. The largest absolute Gasteiger partial charge is 0.492 e. The fourth-order valence-electron chi connectivity index (χ4n) is 3.27. The highest BCUT2D eigenvalue weighted by atomic mass is 16.5. The van der Waals surface area contributed by atoms with E-state index in [4.69, 9.17) is 4.74 Å². The van der Waals surface area contributed by atoms with Gasteiger partial charge in [0.15, 0.2) is 0 Å². The second kappa shape index (κ2) is 8.04. The number of hydrogen-bond acceptors (Lipinski definition) is 3. The Hall–Kier alpha value is -2.82. The summed E-state index contributed by atoms with van der Waals surface area (Å²) in [7, 11) is 0. The van der Waals surface area contributed by atoms with Gasteiger partial charge in [0, 0.05) is 20.0 Å². The number of ether oxygens (including phenoxy) is 1. The molecule has 3 rings (SSSR count). The van der Waals surface area contributed by atoms with Crippen LogP contribution in [0.3, 0.4) is 0 Å². The van der Waals surface area contributed by atoms with Gasteiger partial charge in [-0.2, -0.15) is 0 Å². The molecule has 0 saturated carbocycles. The average molecular weight is 352 g/mol. The first kappa shape index (κ1) is 18.0. The fraction of sp³-hybridized carbons (Fsp3) is 0.333. The maximum absolute atomic E-state index is 12.9.